The summed E-state index contributed by atoms with van der Waals surface area (Å²) in [5, 5.41) is 11.6. The lowest BCUT2D eigenvalue weighted by molar-refractivity contribution is 0.0718. The van der Waals surface area contributed by atoms with Gasteiger partial charge in [0, 0.05) is 10.6 Å². The van der Waals surface area contributed by atoms with Crippen LogP contribution < -0.4 is 0 Å². The number of sulfone groups is 1. The molecule has 0 aliphatic carbocycles. The molecular formula is C15H13ClO3S. The lowest BCUT2D eigenvalue weighted by atomic mass is 9.84. The van der Waals surface area contributed by atoms with Gasteiger partial charge in [-0.2, -0.15) is 0 Å². The Morgan fingerprint density at radius 2 is 1.70 bits per heavy atom. The molecule has 1 aliphatic heterocycles. The Labute approximate surface area is 122 Å². The van der Waals surface area contributed by atoms with Crippen LogP contribution in [0.5, 0.6) is 0 Å². The van der Waals surface area contributed by atoms with E-state index in [4.69, 9.17) is 11.6 Å². The van der Waals surface area contributed by atoms with Crippen molar-refractivity contribution in [3.63, 3.8) is 0 Å². The summed E-state index contributed by atoms with van der Waals surface area (Å²) in [4.78, 5) is 0.212. The van der Waals surface area contributed by atoms with Crippen LogP contribution in [0.25, 0.3) is 0 Å². The van der Waals surface area contributed by atoms with Crippen LogP contribution in [0, 0.1) is 0 Å². The van der Waals surface area contributed by atoms with Crippen LogP contribution >= 0.6 is 11.6 Å². The standard InChI is InChI=1S/C15H13ClO3S/c16-12-7-5-11(6-8-12)15(17)9-10-20(18,19)14-4-2-1-3-13(14)15/h1-8,17H,9-10H2. The van der Waals surface area contributed by atoms with Crippen molar-refractivity contribution in [2.24, 2.45) is 0 Å². The average Bonchev–Trinajstić information content (AvgIpc) is 2.45. The first-order valence-corrected chi connectivity index (χ1v) is 8.27. The van der Waals surface area contributed by atoms with Gasteiger partial charge in [0.1, 0.15) is 5.60 Å². The van der Waals surface area contributed by atoms with E-state index in [9.17, 15) is 13.5 Å². The summed E-state index contributed by atoms with van der Waals surface area (Å²) < 4.78 is 24.2. The molecule has 2 aromatic carbocycles. The van der Waals surface area contributed by atoms with Crippen molar-refractivity contribution in [3.8, 4) is 0 Å². The van der Waals surface area contributed by atoms with Crippen LogP contribution in [0.2, 0.25) is 5.02 Å². The number of rotatable bonds is 1. The summed E-state index contributed by atoms with van der Waals surface area (Å²) in [6, 6.07) is 13.5. The Kier molecular flexibility index (Phi) is 3.12. The number of aliphatic hydroxyl groups is 1. The summed E-state index contributed by atoms with van der Waals surface area (Å²) >= 11 is 5.86. The highest BCUT2D eigenvalue weighted by Crippen LogP contribution is 2.41. The third kappa shape index (κ3) is 2.04. The molecule has 1 unspecified atom stereocenters. The maximum absolute atomic E-state index is 12.1. The van der Waals surface area contributed by atoms with Gasteiger partial charge in [0.05, 0.1) is 10.6 Å². The van der Waals surface area contributed by atoms with Crippen LogP contribution in [-0.2, 0) is 15.4 Å². The van der Waals surface area contributed by atoms with Crippen molar-refractivity contribution < 1.29 is 13.5 Å². The maximum Gasteiger partial charge on any atom is 0.178 e. The second-order valence-corrected chi connectivity index (χ2v) is 7.45. The van der Waals surface area contributed by atoms with Crippen LogP contribution in [0.3, 0.4) is 0 Å². The van der Waals surface area contributed by atoms with Gasteiger partial charge in [-0.3, -0.25) is 0 Å². The number of benzene rings is 2. The molecule has 1 heterocycles. The zero-order chi connectivity index (χ0) is 14.4. The molecule has 1 N–H and O–H groups in total. The first-order chi connectivity index (χ1) is 9.43. The monoisotopic (exact) mass is 308 g/mol. The summed E-state index contributed by atoms with van der Waals surface area (Å²) in [6.45, 7) is 0. The van der Waals surface area contributed by atoms with E-state index in [1.807, 2.05) is 0 Å². The predicted octanol–water partition coefficient (Wildman–Crippen LogP) is 2.75. The van der Waals surface area contributed by atoms with Gasteiger partial charge < -0.3 is 5.11 Å². The van der Waals surface area contributed by atoms with E-state index >= 15 is 0 Å². The van der Waals surface area contributed by atoms with Gasteiger partial charge in [0.15, 0.2) is 9.84 Å². The Morgan fingerprint density at radius 3 is 2.40 bits per heavy atom. The highest BCUT2D eigenvalue weighted by Gasteiger charge is 2.41. The first kappa shape index (κ1) is 13.6. The highest BCUT2D eigenvalue weighted by atomic mass is 35.5. The fourth-order valence-corrected chi connectivity index (χ4v) is 4.40. The average molecular weight is 309 g/mol. The third-order valence-corrected chi connectivity index (χ3v) is 5.74. The van der Waals surface area contributed by atoms with Crippen LogP contribution in [0.1, 0.15) is 17.5 Å². The minimum Gasteiger partial charge on any atom is -0.380 e. The summed E-state index contributed by atoms with van der Waals surface area (Å²) in [6.07, 6.45) is 0.147. The van der Waals surface area contributed by atoms with E-state index < -0.39 is 15.4 Å². The molecule has 0 bridgehead atoms. The smallest absolute Gasteiger partial charge is 0.178 e. The maximum atomic E-state index is 12.1. The molecule has 2 aromatic rings. The molecule has 20 heavy (non-hydrogen) atoms. The topological polar surface area (TPSA) is 54.4 Å². The first-order valence-electron chi connectivity index (χ1n) is 6.24. The highest BCUT2D eigenvalue weighted by molar-refractivity contribution is 7.91. The second kappa shape index (κ2) is 4.58. The normalized spacial score (nSPS) is 24.1. The molecule has 3 rings (SSSR count). The SMILES string of the molecule is O=S1(=O)CCC(O)(c2ccc(Cl)cc2)c2ccccc21. The minimum atomic E-state index is -3.32. The van der Waals surface area contributed by atoms with Crippen molar-refractivity contribution in [1.82, 2.24) is 0 Å². The zero-order valence-corrected chi connectivity index (χ0v) is 12.2. The Morgan fingerprint density at radius 1 is 1.05 bits per heavy atom. The van der Waals surface area contributed by atoms with E-state index in [-0.39, 0.29) is 17.1 Å². The van der Waals surface area contributed by atoms with Gasteiger partial charge in [-0.25, -0.2) is 8.42 Å². The van der Waals surface area contributed by atoms with Crippen molar-refractivity contribution in [1.29, 1.82) is 0 Å². The van der Waals surface area contributed by atoms with E-state index in [0.29, 0.717) is 16.1 Å². The van der Waals surface area contributed by atoms with E-state index in [1.165, 1.54) is 0 Å². The molecule has 5 heteroatoms. The predicted molar refractivity (Wildman–Crippen MR) is 77.6 cm³/mol. The van der Waals surface area contributed by atoms with Crippen LogP contribution in [-0.4, -0.2) is 19.3 Å². The summed E-state index contributed by atoms with van der Waals surface area (Å²) in [5.74, 6) is -0.0663. The lowest BCUT2D eigenvalue weighted by Crippen LogP contribution is -2.36. The van der Waals surface area contributed by atoms with Gasteiger partial charge in [-0.1, -0.05) is 41.9 Å². The second-order valence-electron chi connectivity index (χ2n) is 4.93. The van der Waals surface area contributed by atoms with Crippen LogP contribution in [0.15, 0.2) is 53.4 Å². The van der Waals surface area contributed by atoms with Gasteiger partial charge >= 0.3 is 0 Å². The fraction of sp³-hybridized carbons (Fsp3) is 0.200. The molecule has 0 radical (unpaired) electrons. The van der Waals surface area contributed by atoms with Crippen molar-refractivity contribution in [3.05, 3.63) is 64.7 Å². The third-order valence-electron chi connectivity index (χ3n) is 3.72. The minimum absolute atomic E-state index is 0.0663. The van der Waals surface area contributed by atoms with Gasteiger partial charge in [0.25, 0.3) is 0 Å². The number of hydrogen-bond acceptors (Lipinski definition) is 3. The summed E-state index contributed by atoms with van der Waals surface area (Å²) in [7, 11) is -3.32. The number of hydrogen-bond donors (Lipinski definition) is 1. The Hall–Kier alpha value is -1.36. The molecule has 104 valence electrons. The molecule has 0 aromatic heterocycles. The largest absolute Gasteiger partial charge is 0.380 e. The molecule has 0 spiro atoms. The summed E-state index contributed by atoms with van der Waals surface area (Å²) in [5.41, 5.74) is -0.190. The Bertz CT molecular complexity index is 753. The van der Waals surface area contributed by atoms with Gasteiger partial charge in [-0.05, 0) is 30.2 Å². The molecule has 1 atom stereocenters. The van der Waals surface area contributed by atoms with Crippen LogP contribution in [0.4, 0.5) is 0 Å². The quantitative estimate of drug-likeness (QED) is 0.881. The number of halogens is 1. The zero-order valence-electron chi connectivity index (χ0n) is 10.6. The van der Waals surface area contributed by atoms with Crippen molar-refractivity contribution in [2.75, 3.05) is 5.75 Å². The fourth-order valence-electron chi connectivity index (χ4n) is 2.63. The van der Waals surface area contributed by atoms with E-state index in [0.717, 1.165) is 0 Å². The van der Waals surface area contributed by atoms with Crippen molar-refractivity contribution in [2.45, 2.75) is 16.9 Å². The van der Waals surface area contributed by atoms with Gasteiger partial charge in [0.2, 0.25) is 0 Å². The van der Waals surface area contributed by atoms with Gasteiger partial charge in [-0.15, -0.1) is 0 Å². The molecule has 0 saturated carbocycles. The van der Waals surface area contributed by atoms with E-state index in [1.54, 1.807) is 48.5 Å². The molecule has 0 fully saturated rings. The number of fused-ring (bicyclic) bond motifs is 1. The molecule has 0 amide bonds. The molecule has 0 saturated heterocycles. The molecular weight excluding hydrogens is 296 g/mol. The molecule has 3 nitrogen and oxygen atoms in total. The Balaban J connectivity index is 2.23. The van der Waals surface area contributed by atoms with Crippen molar-refractivity contribution >= 4 is 21.4 Å². The van der Waals surface area contributed by atoms with E-state index in [2.05, 4.69) is 0 Å². The lowest BCUT2D eigenvalue weighted by Gasteiger charge is -2.34. The molecule has 1 aliphatic rings.